The standard InChI is InChI=1S/C16H17BrFNO/c1-10-5-4-6-14(18)16(10)19-11(2)12-7-8-15(20-3)13(17)9-12/h4-9,11,19H,1-3H3. The number of benzene rings is 2. The Balaban J connectivity index is 2.24. The van der Waals surface area contributed by atoms with Gasteiger partial charge in [0.1, 0.15) is 11.6 Å². The molecule has 4 heteroatoms. The zero-order chi connectivity index (χ0) is 14.7. The summed E-state index contributed by atoms with van der Waals surface area (Å²) in [6.07, 6.45) is 0. The summed E-state index contributed by atoms with van der Waals surface area (Å²) in [5.74, 6) is 0.549. The third-order valence-corrected chi connectivity index (χ3v) is 3.88. The molecule has 106 valence electrons. The second-order valence-electron chi connectivity index (χ2n) is 4.69. The molecule has 0 heterocycles. The molecule has 0 aromatic heterocycles. The first-order valence-corrected chi connectivity index (χ1v) is 7.17. The monoisotopic (exact) mass is 337 g/mol. The smallest absolute Gasteiger partial charge is 0.146 e. The van der Waals surface area contributed by atoms with E-state index in [1.807, 2.05) is 38.1 Å². The minimum absolute atomic E-state index is 0.00666. The van der Waals surface area contributed by atoms with E-state index in [1.165, 1.54) is 6.07 Å². The van der Waals surface area contributed by atoms with Gasteiger partial charge in [-0.15, -0.1) is 0 Å². The summed E-state index contributed by atoms with van der Waals surface area (Å²) in [6.45, 7) is 3.89. The van der Waals surface area contributed by atoms with Crippen molar-refractivity contribution < 1.29 is 9.13 Å². The molecular formula is C16H17BrFNO. The fourth-order valence-corrected chi connectivity index (χ4v) is 2.62. The van der Waals surface area contributed by atoms with Crippen molar-refractivity contribution in [1.29, 1.82) is 0 Å². The molecule has 0 fully saturated rings. The highest BCUT2D eigenvalue weighted by atomic mass is 79.9. The van der Waals surface area contributed by atoms with Crippen molar-refractivity contribution in [2.75, 3.05) is 12.4 Å². The van der Waals surface area contributed by atoms with E-state index in [4.69, 9.17) is 4.74 Å². The zero-order valence-electron chi connectivity index (χ0n) is 11.7. The van der Waals surface area contributed by atoms with Gasteiger partial charge in [0.25, 0.3) is 0 Å². The van der Waals surface area contributed by atoms with Gasteiger partial charge in [0.05, 0.1) is 17.3 Å². The number of aryl methyl sites for hydroxylation is 1. The Morgan fingerprint density at radius 2 is 2.00 bits per heavy atom. The van der Waals surface area contributed by atoms with Crippen LogP contribution in [0.2, 0.25) is 0 Å². The van der Waals surface area contributed by atoms with Crippen molar-refractivity contribution in [3.05, 3.63) is 57.8 Å². The molecule has 0 aliphatic rings. The average molecular weight is 338 g/mol. The van der Waals surface area contributed by atoms with E-state index in [2.05, 4.69) is 21.2 Å². The lowest BCUT2D eigenvalue weighted by Gasteiger charge is -2.18. The lowest BCUT2D eigenvalue weighted by Crippen LogP contribution is -2.09. The maximum atomic E-state index is 13.8. The van der Waals surface area contributed by atoms with Crippen LogP contribution < -0.4 is 10.1 Å². The number of methoxy groups -OCH3 is 1. The van der Waals surface area contributed by atoms with Crippen LogP contribution in [-0.4, -0.2) is 7.11 Å². The Morgan fingerprint density at radius 1 is 1.25 bits per heavy atom. The Bertz CT molecular complexity index is 595. The molecule has 2 nitrogen and oxygen atoms in total. The number of rotatable bonds is 4. The van der Waals surface area contributed by atoms with Gasteiger partial charge in [0.15, 0.2) is 0 Å². The SMILES string of the molecule is COc1ccc(C(C)Nc2c(C)cccc2F)cc1Br. The van der Waals surface area contributed by atoms with Crippen LogP contribution in [0.15, 0.2) is 40.9 Å². The fraction of sp³-hybridized carbons (Fsp3) is 0.250. The van der Waals surface area contributed by atoms with Crippen LogP contribution in [-0.2, 0) is 0 Å². The molecule has 0 bridgehead atoms. The molecule has 20 heavy (non-hydrogen) atoms. The summed E-state index contributed by atoms with van der Waals surface area (Å²) in [6, 6.07) is 10.9. The topological polar surface area (TPSA) is 21.3 Å². The molecule has 2 aromatic carbocycles. The second-order valence-corrected chi connectivity index (χ2v) is 5.55. The molecule has 2 rings (SSSR count). The van der Waals surface area contributed by atoms with Crippen molar-refractivity contribution in [1.82, 2.24) is 0 Å². The van der Waals surface area contributed by atoms with Crippen molar-refractivity contribution in [3.8, 4) is 5.75 Å². The van der Waals surface area contributed by atoms with Crippen LogP contribution in [0.4, 0.5) is 10.1 Å². The molecular weight excluding hydrogens is 321 g/mol. The summed E-state index contributed by atoms with van der Waals surface area (Å²) in [5, 5.41) is 3.22. The van der Waals surface area contributed by atoms with E-state index in [1.54, 1.807) is 13.2 Å². The van der Waals surface area contributed by atoms with Gasteiger partial charge in [-0.25, -0.2) is 4.39 Å². The van der Waals surface area contributed by atoms with Gasteiger partial charge < -0.3 is 10.1 Å². The van der Waals surface area contributed by atoms with E-state index in [9.17, 15) is 4.39 Å². The molecule has 0 aliphatic heterocycles. The minimum atomic E-state index is -0.232. The second kappa shape index (κ2) is 6.27. The Labute approximate surface area is 127 Å². The van der Waals surface area contributed by atoms with Crippen LogP contribution in [0.3, 0.4) is 0 Å². The molecule has 0 amide bonds. The number of hydrogen-bond donors (Lipinski definition) is 1. The quantitative estimate of drug-likeness (QED) is 0.840. The normalized spacial score (nSPS) is 12.1. The van der Waals surface area contributed by atoms with E-state index < -0.39 is 0 Å². The van der Waals surface area contributed by atoms with E-state index in [-0.39, 0.29) is 11.9 Å². The first-order valence-electron chi connectivity index (χ1n) is 6.38. The maximum Gasteiger partial charge on any atom is 0.146 e. The molecule has 0 saturated heterocycles. The first kappa shape index (κ1) is 14.9. The number of anilines is 1. The molecule has 1 unspecified atom stereocenters. The fourth-order valence-electron chi connectivity index (χ4n) is 2.07. The van der Waals surface area contributed by atoms with Gasteiger partial charge in [-0.3, -0.25) is 0 Å². The Hall–Kier alpha value is -1.55. The molecule has 1 atom stereocenters. The maximum absolute atomic E-state index is 13.8. The van der Waals surface area contributed by atoms with Crippen molar-refractivity contribution in [2.45, 2.75) is 19.9 Å². The summed E-state index contributed by atoms with van der Waals surface area (Å²) in [5.41, 5.74) is 2.50. The molecule has 0 aliphatic carbocycles. The number of ether oxygens (including phenoxy) is 1. The molecule has 1 N–H and O–H groups in total. The summed E-state index contributed by atoms with van der Waals surface area (Å²) in [4.78, 5) is 0. The Kier molecular flexibility index (Phi) is 4.65. The van der Waals surface area contributed by atoms with E-state index in [0.29, 0.717) is 5.69 Å². The van der Waals surface area contributed by atoms with Crippen LogP contribution in [0.1, 0.15) is 24.1 Å². The highest BCUT2D eigenvalue weighted by Crippen LogP contribution is 2.30. The number of para-hydroxylation sites is 1. The van der Waals surface area contributed by atoms with E-state index in [0.717, 1.165) is 21.3 Å². The van der Waals surface area contributed by atoms with Gasteiger partial charge in [-0.1, -0.05) is 18.2 Å². The van der Waals surface area contributed by atoms with Gasteiger partial charge in [-0.05, 0) is 59.1 Å². The number of nitrogens with one attached hydrogen (secondary N) is 1. The van der Waals surface area contributed by atoms with Gasteiger partial charge in [0.2, 0.25) is 0 Å². The first-order chi connectivity index (χ1) is 9.52. The lowest BCUT2D eigenvalue weighted by molar-refractivity contribution is 0.412. The third-order valence-electron chi connectivity index (χ3n) is 3.26. The predicted octanol–water partition coefficient (Wildman–Crippen LogP) is 5.08. The summed E-state index contributed by atoms with van der Waals surface area (Å²) in [7, 11) is 1.63. The van der Waals surface area contributed by atoms with Gasteiger partial charge in [-0.2, -0.15) is 0 Å². The van der Waals surface area contributed by atoms with Crippen molar-refractivity contribution >= 4 is 21.6 Å². The zero-order valence-corrected chi connectivity index (χ0v) is 13.3. The van der Waals surface area contributed by atoms with E-state index >= 15 is 0 Å². The number of halogens is 2. The molecule has 0 radical (unpaired) electrons. The lowest BCUT2D eigenvalue weighted by atomic mass is 10.1. The van der Waals surface area contributed by atoms with Gasteiger partial charge >= 0.3 is 0 Å². The van der Waals surface area contributed by atoms with Crippen LogP contribution in [0.25, 0.3) is 0 Å². The van der Waals surface area contributed by atoms with Crippen LogP contribution in [0.5, 0.6) is 5.75 Å². The molecule has 0 saturated carbocycles. The number of hydrogen-bond acceptors (Lipinski definition) is 2. The molecule has 2 aromatic rings. The highest BCUT2D eigenvalue weighted by molar-refractivity contribution is 9.10. The largest absolute Gasteiger partial charge is 0.496 e. The van der Waals surface area contributed by atoms with Gasteiger partial charge in [0, 0.05) is 6.04 Å². The van der Waals surface area contributed by atoms with Crippen LogP contribution >= 0.6 is 15.9 Å². The minimum Gasteiger partial charge on any atom is -0.496 e. The summed E-state index contributed by atoms with van der Waals surface area (Å²) < 4.78 is 19.9. The summed E-state index contributed by atoms with van der Waals surface area (Å²) >= 11 is 3.46. The molecule has 0 spiro atoms. The highest BCUT2D eigenvalue weighted by Gasteiger charge is 2.12. The van der Waals surface area contributed by atoms with Crippen molar-refractivity contribution in [2.24, 2.45) is 0 Å². The predicted molar refractivity (Wildman–Crippen MR) is 83.9 cm³/mol. The average Bonchev–Trinajstić information content (AvgIpc) is 2.42. The van der Waals surface area contributed by atoms with Crippen molar-refractivity contribution in [3.63, 3.8) is 0 Å². The third kappa shape index (κ3) is 3.12. The Morgan fingerprint density at radius 3 is 2.60 bits per heavy atom. The van der Waals surface area contributed by atoms with Crippen LogP contribution in [0, 0.1) is 12.7 Å².